The number of H-pyrrole nitrogens is 1. The van der Waals surface area contributed by atoms with E-state index in [1.807, 2.05) is 6.07 Å². The van der Waals surface area contributed by atoms with Crippen LogP contribution in [0, 0.1) is 5.92 Å². The number of aromatic nitrogens is 1. The Balaban J connectivity index is 1.66. The van der Waals surface area contributed by atoms with Gasteiger partial charge in [0.15, 0.2) is 0 Å². The summed E-state index contributed by atoms with van der Waals surface area (Å²) >= 11 is 0. The first kappa shape index (κ1) is 13.1. The molecule has 1 saturated carbocycles. The molecule has 0 amide bonds. The molecule has 1 aliphatic rings. The molecule has 0 saturated heterocycles. The largest absolute Gasteiger partial charge is 0.464 e. The molecule has 1 aromatic rings. The average Bonchev–Trinajstić information content (AvgIpc) is 3.05. The smallest absolute Gasteiger partial charge is 0.354 e. The summed E-state index contributed by atoms with van der Waals surface area (Å²) in [5.74, 6) is 0.610. The Bertz CT molecular complexity index is 381. The highest BCUT2D eigenvalue weighted by Gasteiger charge is 2.14. The number of hydrogen-bond acceptors (Lipinski definition) is 3. The highest BCUT2D eigenvalue weighted by molar-refractivity contribution is 5.87. The van der Waals surface area contributed by atoms with Gasteiger partial charge in [-0.25, -0.2) is 4.79 Å². The highest BCUT2D eigenvalue weighted by atomic mass is 16.5. The SMILES string of the molecule is COC(=O)c1ccc(CNCCC2CCCC2)[nH]1. The minimum atomic E-state index is -0.313. The minimum Gasteiger partial charge on any atom is -0.464 e. The molecule has 1 heterocycles. The molecule has 0 aromatic carbocycles. The molecule has 0 spiro atoms. The van der Waals surface area contributed by atoms with E-state index in [2.05, 4.69) is 15.0 Å². The van der Waals surface area contributed by atoms with Crippen molar-refractivity contribution in [2.24, 2.45) is 5.92 Å². The summed E-state index contributed by atoms with van der Waals surface area (Å²) in [5, 5.41) is 3.42. The Morgan fingerprint density at radius 1 is 1.44 bits per heavy atom. The molecule has 4 nitrogen and oxygen atoms in total. The maximum atomic E-state index is 11.3. The molecule has 0 atom stereocenters. The Morgan fingerprint density at radius 2 is 2.22 bits per heavy atom. The first-order chi connectivity index (χ1) is 8.79. The molecule has 18 heavy (non-hydrogen) atoms. The fraction of sp³-hybridized carbons (Fsp3) is 0.643. The summed E-state index contributed by atoms with van der Waals surface area (Å²) in [6.45, 7) is 1.83. The highest BCUT2D eigenvalue weighted by Crippen LogP contribution is 2.26. The molecule has 0 radical (unpaired) electrons. The number of carbonyl (C=O) groups excluding carboxylic acids is 1. The lowest BCUT2D eigenvalue weighted by molar-refractivity contribution is 0.0594. The summed E-state index contributed by atoms with van der Waals surface area (Å²) in [6.07, 6.45) is 6.88. The van der Waals surface area contributed by atoms with E-state index >= 15 is 0 Å². The van der Waals surface area contributed by atoms with Crippen LogP contribution in [0.15, 0.2) is 12.1 Å². The van der Waals surface area contributed by atoms with E-state index < -0.39 is 0 Å². The monoisotopic (exact) mass is 250 g/mol. The molecule has 0 aliphatic heterocycles. The van der Waals surface area contributed by atoms with E-state index in [4.69, 9.17) is 0 Å². The van der Waals surface area contributed by atoms with Gasteiger partial charge in [-0.05, 0) is 31.0 Å². The van der Waals surface area contributed by atoms with Crippen LogP contribution in [0.25, 0.3) is 0 Å². The molecule has 2 N–H and O–H groups in total. The van der Waals surface area contributed by atoms with E-state index in [1.54, 1.807) is 6.07 Å². The van der Waals surface area contributed by atoms with Gasteiger partial charge in [-0.1, -0.05) is 25.7 Å². The minimum absolute atomic E-state index is 0.313. The normalized spacial score (nSPS) is 16.1. The quantitative estimate of drug-likeness (QED) is 0.602. The van der Waals surface area contributed by atoms with Crippen LogP contribution in [0.4, 0.5) is 0 Å². The first-order valence-electron chi connectivity index (χ1n) is 6.76. The lowest BCUT2D eigenvalue weighted by Crippen LogP contribution is -2.17. The molecule has 4 heteroatoms. The maximum Gasteiger partial charge on any atom is 0.354 e. The van der Waals surface area contributed by atoms with Gasteiger partial charge < -0.3 is 15.0 Å². The van der Waals surface area contributed by atoms with E-state index in [0.29, 0.717) is 5.69 Å². The third-order valence-corrected chi connectivity index (χ3v) is 3.67. The van der Waals surface area contributed by atoms with Gasteiger partial charge in [0.05, 0.1) is 7.11 Å². The summed E-state index contributed by atoms with van der Waals surface area (Å²) in [7, 11) is 1.39. The standard InChI is InChI=1S/C14H22N2O2/c1-18-14(17)13-7-6-12(16-13)10-15-9-8-11-4-2-3-5-11/h6-7,11,15-16H,2-5,8-10H2,1H3. The van der Waals surface area contributed by atoms with Gasteiger partial charge in [0, 0.05) is 12.2 Å². The van der Waals surface area contributed by atoms with Crippen molar-refractivity contribution in [3.63, 3.8) is 0 Å². The van der Waals surface area contributed by atoms with Gasteiger partial charge in [0.25, 0.3) is 0 Å². The Kier molecular flexibility index (Phi) is 4.81. The molecular weight excluding hydrogens is 228 g/mol. The zero-order valence-corrected chi connectivity index (χ0v) is 11.0. The molecule has 0 bridgehead atoms. The number of rotatable bonds is 6. The van der Waals surface area contributed by atoms with Crippen LogP contribution in [-0.2, 0) is 11.3 Å². The fourth-order valence-electron chi connectivity index (χ4n) is 2.60. The van der Waals surface area contributed by atoms with Crippen molar-refractivity contribution in [1.82, 2.24) is 10.3 Å². The van der Waals surface area contributed by atoms with Crippen LogP contribution in [-0.4, -0.2) is 24.6 Å². The van der Waals surface area contributed by atoms with Crippen LogP contribution < -0.4 is 5.32 Å². The van der Waals surface area contributed by atoms with E-state index in [-0.39, 0.29) is 5.97 Å². The van der Waals surface area contributed by atoms with Crippen molar-refractivity contribution in [3.8, 4) is 0 Å². The Morgan fingerprint density at radius 3 is 2.94 bits per heavy atom. The van der Waals surface area contributed by atoms with E-state index in [1.165, 1.54) is 39.2 Å². The summed E-state index contributed by atoms with van der Waals surface area (Å²) in [6, 6.07) is 3.69. The van der Waals surface area contributed by atoms with Crippen LogP contribution in [0.3, 0.4) is 0 Å². The molecule has 1 fully saturated rings. The van der Waals surface area contributed by atoms with Gasteiger partial charge >= 0.3 is 5.97 Å². The maximum absolute atomic E-state index is 11.3. The molecule has 100 valence electrons. The van der Waals surface area contributed by atoms with Crippen molar-refractivity contribution in [2.75, 3.05) is 13.7 Å². The molecule has 1 aliphatic carbocycles. The number of ether oxygens (including phenoxy) is 1. The molecule has 0 unspecified atom stereocenters. The van der Waals surface area contributed by atoms with Crippen molar-refractivity contribution in [3.05, 3.63) is 23.5 Å². The topological polar surface area (TPSA) is 54.1 Å². The second-order valence-corrected chi connectivity index (χ2v) is 5.00. The lowest BCUT2D eigenvalue weighted by Gasteiger charge is -2.09. The lowest BCUT2D eigenvalue weighted by atomic mass is 10.0. The third kappa shape index (κ3) is 3.60. The predicted octanol–water partition coefficient (Wildman–Crippen LogP) is 2.47. The zero-order valence-electron chi connectivity index (χ0n) is 11.0. The van der Waals surface area contributed by atoms with E-state index in [0.717, 1.165) is 24.7 Å². The van der Waals surface area contributed by atoms with E-state index in [9.17, 15) is 4.79 Å². The van der Waals surface area contributed by atoms with Crippen molar-refractivity contribution >= 4 is 5.97 Å². The van der Waals surface area contributed by atoms with Gasteiger partial charge in [-0.3, -0.25) is 0 Å². The van der Waals surface area contributed by atoms with Crippen molar-refractivity contribution in [2.45, 2.75) is 38.6 Å². The van der Waals surface area contributed by atoms with Crippen LogP contribution >= 0.6 is 0 Å². The average molecular weight is 250 g/mol. The molecular formula is C14H22N2O2. The zero-order chi connectivity index (χ0) is 12.8. The van der Waals surface area contributed by atoms with Crippen LogP contribution in [0.5, 0.6) is 0 Å². The van der Waals surface area contributed by atoms with Gasteiger partial charge in [0.2, 0.25) is 0 Å². The molecule has 1 aromatic heterocycles. The van der Waals surface area contributed by atoms with Gasteiger partial charge in [-0.2, -0.15) is 0 Å². The number of esters is 1. The summed E-state index contributed by atoms with van der Waals surface area (Å²) in [4.78, 5) is 14.3. The van der Waals surface area contributed by atoms with Crippen molar-refractivity contribution < 1.29 is 9.53 Å². The fourth-order valence-corrected chi connectivity index (χ4v) is 2.60. The second kappa shape index (κ2) is 6.59. The number of nitrogens with one attached hydrogen (secondary N) is 2. The summed E-state index contributed by atoms with van der Waals surface area (Å²) < 4.78 is 4.65. The number of carbonyl (C=O) groups is 1. The second-order valence-electron chi connectivity index (χ2n) is 5.00. The molecule has 2 rings (SSSR count). The Hall–Kier alpha value is -1.29. The van der Waals surface area contributed by atoms with Crippen molar-refractivity contribution in [1.29, 1.82) is 0 Å². The summed E-state index contributed by atoms with van der Waals surface area (Å²) in [5.41, 5.74) is 1.55. The first-order valence-corrected chi connectivity index (χ1v) is 6.76. The van der Waals surface area contributed by atoms with Crippen LogP contribution in [0.1, 0.15) is 48.3 Å². The number of hydrogen-bond donors (Lipinski definition) is 2. The van der Waals surface area contributed by atoms with Gasteiger partial charge in [-0.15, -0.1) is 0 Å². The number of methoxy groups -OCH3 is 1. The predicted molar refractivity (Wildman–Crippen MR) is 70.4 cm³/mol. The van der Waals surface area contributed by atoms with Gasteiger partial charge in [0.1, 0.15) is 5.69 Å². The van der Waals surface area contributed by atoms with Crippen LogP contribution in [0.2, 0.25) is 0 Å². The Labute approximate surface area is 108 Å². The number of aromatic amines is 1. The third-order valence-electron chi connectivity index (χ3n) is 3.67.